The molecule has 0 saturated heterocycles. The van der Waals surface area contributed by atoms with Crippen molar-refractivity contribution in [3.63, 3.8) is 0 Å². The summed E-state index contributed by atoms with van der Waals surface area (Å²) in [5.74, 6) is -0.154. The standard InChI is InChI=1S/C12H7Br4NOS/c1-5-2-7(13)10(8(14)3-5)17-12(18)6-4-9(15)19-11(6)16/h2-4H,1H3,(H,17,18). The van der Waals surface area contributed by atoms with Gasteiger partial charge < -0.3 is 5.32 Å². The van der Waals surface area contributed by atoms with E-state index in [1.165, 1.54) is 11.3 Å². The first kappa shape index (κ1) is 15.7. The molecule has 19 heavy (non-hydrogen) atoms. The molecule has 0 aliphatic carbocycles. The lowest BCUT2D eigenvalue weighted by Crippen LogP contribution is -2.12. The van der Waals surface area contributed by atoms with Crippen molar-refractivity contribution in [1.82, 2.24) is 0 Å². The molecular weight excluding hydrogens is 526 g/mol. The van der Waals surface area contributed by atoms with E-state index in [2.05, 4.69) is 69.0 Å². The van der Waals surface area contributed by atoms with Crippen molar-refractivity contribution in [2.24, 2.45) is 0 Å². The first-order valence-electron chi connectivity index (χ1n) is 5.10. The monoisotopic (exact) mass is 529 g/mol. The van der Waals surface area contributed by atoms with E-state index < -0.39 is 0 Å². The summed E-state index contributed by atoms with van der Waals surface area (Å²) in [6.45, 7) is 1.99. The number of hydrogen-bond donors (Lipinski definition) is 1. The molecule has 0 fully saturated rings. The summed E-state index contributed by atoms with van der Waals surface area (Å²) in [6.07, 6.45) is 0. The van der Waals surface area contributed by atoms with Gasteiger partial charge in [0.05, 0.1) is 18.8 Å². The predicted molar refractivity (Wildman–Crippen MR) is 94.3 cm³/mol. The fourth-order valence-electron chi connectivity index (χ4n) is 1.50. The van der Waals surface area contributed by atoms with Gasteiger partial charge in [-0.3, -0.25) is 4.79 Å². The summed E-state index contributed by atoms with van der Waals surface area (Å²) < 4.78 is 3.40. The van der Waals surface area contributed by atoms with Gasteiger partial charge >= 0.3 is 0 Å². The highest BCUT2D eigenvalue weighted by atomic mass is 79.9. The smallest absolute Gasteiger partial charge is 0.257 e. The quantitative estimate of drug-likeness (QED) is 0.479. The first-order chi connectivity index (χ1) is 8.88. The average molecular weight is 533 g/mol. The van der Waals surface area contributed by atoms with Crippen molar-refractivity contribution in [2.45, 2.75) is 6.92 Å². The highest BCUT2D eigenvalue weighted by Crippen LogP contribution is 2.35. The minimum atomic E-state index is -0.154. The SMILES string of the molecule is Cc1cc(Br)c(NC(=O)c2cc(Br)sc2Br)c(Br)c1. The topological polar surface area (TPSA) is 29.1 Å². The molecule has 1 heterocycles. The maximum Gasteiger partial charge on any atom is 0.257 e. The molecule has 0 aliphatic heterocycles. The second kappa shape index (κ2) is 6.39. The molecule has 2 aromatic rings. The molecule has 2 nitrogen and oxygen atoms in total. The van der Waals surface area contributed by atoms with E-state index in [9.17, 15) is 4.79 Å². The lowest BCUT2D eigenvalue weighted by atomic mass is 10.2. The number of rotatable bonds is 2. The van der Waals surface area contributed by atoms with Crippen molar-refractivity contribution in [2.75, 3.05) is 5.32 Å². The van der Waals surface area contributed by atoms with Gasteiger partial charge in [0.25, 0.3) is 5.91 Å². The van der Waals surface area contributed by atoms with Crippen molar-refractivity contribution in [1.29, 1.82) is 0 Å². The molecular formula is C12H7Br4NOS. The number of halogens is 4. The van der Waals surface area contributed by atoms with Crippen molar-refractivity contribution < 1.29 is 4.79 Å². The third-order valence-corrected chi connectivity index (χ3v) is 5.92. The molecule has 100 valence electrons. The largest absolute Gasteiger partial charge is 0.320 e. The zero-order valence-corrected chi connectivity index (χ0v) is 16.7. The van der Waals surface area contributed by atoms with Crippen LogP contribution in [0.15, 0.2) is 34.7 Å². The summed E-state index contributed by atoms with van der Waals surface area (Å²) in [7, 11) is 0. The third-order valence-electron chi connectivity index (χ3n) is 2.33. The minimum Gasteiger partial charge on any atom is -0.320 e. The molecule has 1 aromatic carbocycles. The molecule has 0 bridgehead atoms. The van der Waals surface area contributed by atoms with Gasteiger partial charge in [-0.05, 0) is 94.4 Å². The second-order valence-electron chi connectivity index (χ2n) is 3.80. The third kappa shape index (κ3) is 3.69. The zero-order valence-electron chi connectivity index (χ0n) is 9.56. The maximum absolute atomic E-state index is 12.2. The van der Waals surface area contributed by atoms with Gasteiger partial charge in [-0.1, -0.05) is 0 Å². The summed E-state index contributed by atoms with van der Waals surface area (Å²) >= 11 is 15.1. The zero-order chi connectivity index (χ0) is 14.2. The Hall–Kier alpha value is 0.310. The Balaban J connectivity index is 2.32. The molecule has 0 aliphatic rings. The number of benzene rings is 1. The number of thiophene rings is 1. The van der Waals surface area contributed by atoms with Gasteiger partial charge in [-0.2, -0.15) is 0 Å². The number of nitrogens with one attached hydrogen (secondary N) is 1. The van der Waals surface area contributed by atoms with Crippen LogP contribution in [0.4, 0.5) is 5.69 Å². The lowest BCUT2D eigenvalue weighted by molar-refractivity contribution is 0.102. The number of anilines is 1. The van der Waals surface area contributed by atoms with Gasteiger partial charge in [0.1, 0.15) is 0 Å². The number of carbonyl (C=O) groups excluding carboxylic acids is 1. The molecule has 1 N–H and O–H groups in total. The van der Waals surface area contributed by atoms with Crippen LogP contribution in [-0.2, 0) is 0 Å². The van der Waals surface area contributed by atoms with Crippen LogP contribution in [0.1, 0.15) is 15.9 Å². The van der Waals surface area contributed by atoms with E-state index >= 15 is 0 Å². The Kier molecular flexibility index (Phi) is 5.28. The van der Waals surface area contributed by atoms with E-state index in [0.29, 0.717) is 5.56 Å². The normalized spacial score (nSPS) is 10.6. The van der Waals surface area contributed by atoms with Crippen LogP contribution in [-0.4, -0.2) is 5.91 Å². The van der Waals surface area contributed by atoms with Crippen molar-refractivity contribution in [3.8, 4) is 0 Å². The highest BCUT2D eigenvalue weighted by Gasteiger charge is 2.16. The Morgan fingerprint density at radius 1 is 1.11 bits per heavy atom. The van der Waals surface area contributed by atoms with Crippen LogP contribution >= 0.6 is 75.1 Å². The lowest BCUT2D eigenvalue weighted by Gasteiger charge is -2.10. The van der Waals surface area contributed by atoms with Crippen LogP contribution in [0.5, 0.6) is 0 Å². The molecule has 0 unspecified atom stereocenters. The van der Waals surface area contributed by atoms with Crippen LogP contribution in [0.2, 0.25) is 0 Å². The van der Waals surface area contributed by atoms with Crippen molar-refractivity contribution in [3.05, 3.63) is 45.8 Å². The molecule has 7 heteroatoms. The molecule has 0 spiro atoms. The van der Waals surface area contributed by atoms with Gasteiger partial charge in [-0.15, -0.1) is 11.3 Å². The summed E-state index contributed by atoms with van der Waals surface area (Å²) in [5.41, 5.74) is 2.44. The van der Waals surface area contributed by atoms with Crippen LogP contribution in [0.25, 0.3) is 0 Å². The van der Waals surface area contributed by atoms with Crippen LogP contribution < -0.4 is 5.32 Å². The molecule has 2 rings (SSSR count). The van der Waals surface area contributed by atoms with Gasteiger partial charge in [0.15, 0.2) is 0 Å². The summed E-state index contributed by atoms with van der Waals surface area (Å²) in [6, 6.07) is 5.71. The Bertz CT molecular complexity index is 630. The van der Waals surface area contributed by atoms with E-state index in [-0.39, 0.29) is 5.91 Å². The molecule has 0 atom stereocenters. The minimum absolute atomic E-state index is 0.154. The molecule has 0 saturated carbocycles. The van der Waals surface area contributed by atoms with Crippen LogP contribution in [0, 0.1) is 6.92 Å². The number of carbonyl (C=O) groups is 1. The first-order valence-corrected chi connectivity index (χ1v) is 9.09. The summed E-state index contributed by atoms with van der Waals surface area (Å²) in [4.78, 5) is 12.2. The van der Waals surface area contributed by atoms with Gasteiger partial charge in [0.2, 0.25) is 0 Å². The molecule has 1 amide bonds. The highest BCUT2D eigenvalue weighted by molar-refractivity contribution is 9.12. The van der Waals surface area contributed by atoms with E-state index in [1.54, 1.807) is 6.07 Å². The summed E-state index contributed by atoms with van der Waals surface area (Å²) in [5, 5.41) is 2.90. The Morgan fingerprint density at radius 2 is 1.68 bits per heavy atom. The number of hydrogen-bond acceptors (Lipinski definition) is 2. The molecule has 0 radical (unpaired) electrons. The fourth-order valence-corrected chi connectivity index (χ4v) is 5.90. The number of amides is 1. The van der Waals surface area contributed by atoms with Crippen molar-refractivity contribution >= 4 is 86.7 Å². The average Bonchev–Trinajstić information content (AvgIpc) is 2.62. The van der Waals surface area contributed by atoms with Gasteiger partial charge in [-0.25, -0.2) is 0 Å². The predicted octanol–water partition coefficient (Wildman–Crippen LogP) is 6.36. The van der Waals surface area contributed by atoms with Gasteiger partial charge in [0, 0.05) is 8.95 Å². The van der Waals surface area contributed by atoms with E-state index in [1.807, 2.05) is 19.1 Å². The Morgan fingerprint density at radius 3 is 2.16 bits per heavy atom. The molecule has 1 aromatic heterocycles. The number of aryl methyl sites for hydroxylation is 1. The fraction of sp³-hybridized carbons (Fsp3) is 0.0833. The maximum atomic E-state index is 12.2. The van der Waals surface area contributed by atoms with E-state index in [4.69, 9.17) is 0 Å². The Labute approximate surface area is 148 Å². The van der Waals surface area contributed by atoms with E-state index in [0.717, 1.165) is 27.8 Å². The van der Waals surface area contributed by atoms with Crippen LogP contribution in [0.3, 0.4) is 0 Å². The second-order valence-corrected chi connectivity index (χ2v) is 9.25.